The molecule has 0 aromatic rings. The molecule has 0 aliphatic heterocycles. The fourth-order valence-electron chi connectivity index (χ4n) is 0.451. The van der Waals surface area contributed by atoms with E-state index >= 15 is 0 Å². The van der Waals surface area contributed by atoms with E-state index in [1.54, 1.807) is 0 Å². The number of thioether (sulfide) groups is 1. The Morgan fingerprint density at radius 1 is 1.00 bits per heavy atom. The molecule has 10 heavy (non-hydrogen) atoms. The Labute approximate surface area is 85.3 Å². The second-order valence-electron chi connectivity index (χ2n) is 1.67. The van der Waals surface area contributed by atoms with Crippen LogP contribution in [-0.4, -0.2) is 38.0 Å². The molecular formula is C6H14S3Se. The third-order valence-electron chi connectivity index (χ3n) is 0.843. The zero-order valence-corrected chi connectivity index (χ0v) is 10.3. The molecule has 0 rings (SSSR count). The minimum atomic E-state index is 0.853. The van der Waals surface area contributed by atoms with Crippen LogP contribution < -0.4 is 0 Å². The summed E-state index contributed by atoms with van der Waals surface area (Å²) in [5.74, 6) is 4.62. The first kappa shape index (κ1) is 11.6. The summed E-state index contributed by atoms with van der Waals surface area (Å²) in [7, 11) is 0. The van der Waals surface area contributed by atoms with Gasteiger partial charge in [0.25, 0.3) is 0 Å². The van der Waals surface area contributed by atoms with Crippen LogP contribution in [0.15, 0.2) is 0 Å². The van der Waals surface area contributed by atoms with Gasteiger partial charge in [0.1, 0.15) is 0 Å². The average molecular weight is 261 g/mol. The summed E-state index contributed by atoms with van der Waals surface area (Å²) in [6, 6.07) is 0. The summed E-state index contributed by atoms with van der Waals surface area (Å²) in [6.45, 7) is 0. The van der Waals surface area contributed by atoms with E-state index in [0.717, 1.165) is 26.5 Å². The van der Waals surface area contributed by atoms with Gasteiger partial charge in [0, 0.05) is 0 Å². The van der Waals surface area contributed by atoms with Crippen LogP contribution in [0.4, 0.5) is 0 Å². The topological polar surface area (TPSA) is 0 Å². The Hall–Kier alpha value is 1.57. The molecule has 0 radical (unpaired) electrons. The number of thiol groups is 2. The Morgan fingerprint density at radius 2 is 1.80 bits per heavy atom. The summed E-state index contributed by atoms with van der Waals surface area (Å²) >= 11 is 11.2. The molecule has 0 bridgehead atoms. The number of rotatable bonds is 7. The third-order valence-corrected chi connectivity index (χ3v) is 5.91. The summed E-state index contributed by atoms with van der Waals surface area (Å²) in [4.78, 5) is 0. The van der Waals surface area contributed by atoms with Gasteiger partial charge in [-0.2, -0.15) is 0 Å². The van der Waals surface area contributed by atoms with Crippen molar-refractivity contribution in [2.24, 2.45) is 0 Å². The zero-order valence-electron chi connectivity index (χ0n) is 5.95. The molecule has 0 aliphatic carbocycles. The van der Waals surface area contributed by atoms with E-state index in [0.29, 0.717) is 0 Å². The third kappa shape index (κ3) is 9.57. The molecule has 0 saturated carbocycles. The van der Waals surface area contributed by atoms with Gasteiger partial charge in [0.15, 0.2) is 0 Å². The minimum absolute atomic E-state index is 0.853. The summed E-state index contributed by atoms with van der Waals surface area (Å²) < 4.78 is 0. The van der Waals surface area contributed by atoms with Crippen molar-refractivity contribution in [3.8, 4) is 0 Å². The monoisotopic (exact) mass is 262 g/mol. The molecule has 0 fully saturated rings. The van der Waals surface area contributed by atoms with Crippen molar-refractivity contribution in [3.05, 3.63) is 0 Å². The van der Waals surface area contributed by atoms with Gasteiger partial charge in [-0.05, 0) is 0 Å². The molecule has 62 valence electrons. The maximum absolute atomic E-state index is 4.16. The Kier molecular flexibility index (Phi) is 12.2. The normalized spacial score (nSPS) is 10.2. The van der Waals surface area contributed by atoms with Gasteiger partial charge in [0.05, 0.1) is 0 Å². The fraction of sp³-hybridized carbons (Fsp3) is 1.00. The molecule has 0 aliphatic rings. The Morgan fingerprint density at radius 3 is 2.40 bits per heavy atom. The van der Waals surface area contributed by atoms with E-state index in [4.69, 9.17) is 0 Å². The molecule has 0 N–H and O–H groups in total. The molecule has 0 aromatic heterocycles. The first-order chi connectivity index (χ1) is 4.91. The zero-order chi connectivity index (χ0) is 7.66. The molecule has 0 heterocycles. The van der Waals surface area contributed by atoms with Gasteiger partial charge in [-0.3, -0.25) is 0 Å². The predicted octanol–water partition coefficient (Wildman–Crippen LogP) is 2.12. The second-order valence-corrected chi connectivity index (χ2v) is 6.36. The van der Waals surface area contributed by atoms with E-state index in [1.807, 2.05) is 11.8 Å². The van der Waals surface area contributed by atoms with Crippen molar-refractivity contribution in [2.75, 3.05) is 23.0 Å². The van der Waals surface area contributed by atoms with Gasteiger partial charge < -0.3 is 0 Å². The van der Waals surface area contributed by atoms with Crippen LogP contribution in [0, 0.1) is 0 Å². The molecule has 0 aromatic carbocycles. The van der Waals surface area contributed by atoms with Gasteiger partial charge >= 0.3 is 85.6 Å². The van der Waals surface area contributed by atoms with Crippen LogP contribution in [0.5, 0.6) is 0 Å². The van der Waals surface area contributed by atoms with Crippen molar-refractivity contribution < 1.29 is 0 Å². The standard InChI is InChI=1S/C6H14S3Se/c7-1-3-9-4-6-10-5-2-8/h7-8H,1-6H2. The summed E-state index contributed by atoms with van der Waals surface area (Å²) in [5.41, 5.74) is 0. The van der Waals surface area contributed by atoms with Crippen LogP contribution in [0.3, 0.4) is 0 Å². The van der Waals surface area contributed by atoms with Gasteiger partial charge in [-0.15, -0.1) is 0 Å². The number of hydrogen-bond acceptors (Lipinski definition) is 3. The molecule has 0 saturated heterocycles. The molecule has 0 amide bonds. The van der Waals surface area contributed by atoms with Crippen molar-refractivity contribution in [1.29, 1.82) is 0 Å². The van der Waals surface area contributed by atoms with Crippen LogP contribution in [0.2, 0.25) is 10.6 Å². The molecular weight excluding hydrogens is 247 g/mol. The number of hydrogen-bond donors (Lipinski definition) is 2. The van der Waals surface area contributed by atoms with Crippen molar-refractivity contribution in [3.63, 3.8) is 0 Å². The van der Waals surface area contributed by atoms with Crippen LogP contribution >= 0.6 is 37.0 Å². The van der Waals surface area contributed by atoms with E-state index in [9.17, 15) is 0 Å². The average Bonchev–Trinajstić information content (AvgIpc) is 1.97. The quantitative estimate of drug-likeness (QED) is 0.402. The van der Waals surface area contributed by atoms with Gasteiger partial charge in [0.2, 0.25) is 0 Å². The van der Waals surface area contributed by atoms with E-state index in [2.05, 4.69) is 25.3 Å². The summed E-state index contributed by atoms with van der Waals surface area (Å²) in [6.07, 6.45) is 0. The van der Waals surface area contributed by atoms with Crippen LogP contribution in [-0.2, 0) is 0 Å². The van der Waals surface area contributed by atoms with Gasteiger partial charge in [-0.1, -0.05) is 0 Å². The summed E-state index contributed by atoms with van der Waals surface area (Å²) in [5, 5.41) is 2.74. The van der Waals surface area contributed by atoms with Crippen LogP contribution in [0.25, 0.3) is 0 Å². The van der Waals surface area contributed by atoms with Crippen molar-refractivity contribution >= 4 is 52.0 Å². The van der Waals surface area contributed by atoms with Gasteiger partial charge in [-0.25, -0.2) is 0 Å². The first-order valence-electron chi connectivity index (χ1n) is 3.29. The predicted molar refractivity (Wildman–Crippen MR) is 60.4 cm³/mol. The molecule has 0 atom stereocenters. The molecule has 0 spiro atoms. The maximum atomic E-state index is 4.16. The second kappa shape index (κ2) is 10.6. The Balaban J connectivity index is 2.65. The van der Waals surface area contributed by atoms with Crippen molar-refractivity contribution in [2.45, 2.75) is 10.6 Å². The molecule has 0 nitrogen and oxygen atoms in total. The van der Waals surface area contributed by atoms with E-state index in [-0.39, 0.29) is 0 Å². The first-order valence-corrected chi connectivity index (χ1v) is 8.13. The molecule has 4 heteroatoms. The fourth-order valence-corrected chi connectivity index (χ4v) is 4.26. The molecule has 0 unspecified atom stereocenters. The van der Waals surface area contributed by atoms with E-state index in [1.165, 1.54) is 22.1 Å². The van der Waals surface area contributed by atoms with Crippen molar-refractivity contribution in [1.82, 2.24) is 0 Å². The Bertz CT molecular complexity index is 53.0. The SMILES string of the molecule is SCCSCC[Se]CCS. The van der Waals surface area contributed by atoms with E-state index < -0.39 is 0 Å². The van der Waals surface area contributed by atoms with Crippen LogP contribution in [0.1, 0.15) is 0 Å².